The lowest BCUT2D eigenvalue weighted by atomic mass is 9.77. The monoisotopic (exact) mass is 627 g/mol. The van der Waals surface area contributed by atoms with E-state index in [1.54, 1.807) is 17.1 Å². The van der Waals surface area contributed by atoms with E-state index in [2.05, 4.69) is 64.4 Å². The average Bonchev–Trinajstić information content (AvgIpc) is 3.46. The van der Waals surface area contributed by atoms with Gasteiger partial charge in [0.1, 0.15) is 0 Å². The first-order valence-electron chi connectivity index (χ1n) is 15.5. The van der Waals surface area contributed by atoms with Gasteiger partial charge in [-0.15, -0.1) is 0 Å². The van der Waals surface area contributed by atoms with E-state index in [0.717, 1.165) is 53.0 Å². The molecule has 3 aromatic rings. The number of hydrogen-bond acceptors (Lipinski definition) is 7. The fourth-order valence-corrected chi connectivity index (χ4v) is 7.79. The number of carbonyl (C=O) groups excluding carboxylic acids is 1. The summed E-state index contributed by atoms with van der Waals surface area (Å²) >= 11 is 0. The number of rotatable bonds is 7. The molecule has 9 nitrogen and oxygen atoms in total. The predicted molar refractivity (Wildman–Crippen MR) is 179 cm³/mol. The summed E-state index contributed by atoms with van der Waals surface area (Å²) in [6.45, 7) is 1.39. The van der Waals surface area contributed by atoms with Crippen LogP contribution in [0.15, 0.2) is 88.4 Å². The Balaban J connectivity index is 1.34. The summed E-state index contributed by atoms with van der Waals surface area (Å²) in [6.07, 6.45) is 5.03. The van der Waals surface area contributed by atoms with E-state index in [-0.39, 0.29) is 22.8 Å². The maximum Gasteiger partial charge on any atom is 0.274 e. The van der Waals surface area contributed by atoms with Gasteiger partial charge < -0.3 is 14.5 Å². The third-order valence-electron chi connectivity index (χ3n) is 8.92. The zero-order valence-corrected chi connectivity index (χ0v) is 27.2. The largest absolute Gasteiger partial charge is 0.379 e. The van der Waals surface area contributed by atoms with Crippen molar-refractivity contribution in [1.82, 2.24) is 9.31 Å². The van der Waals surface area contributed by atoms with E-state index in [9.17, 15) is 13.2 Å². The number of hydrogen-bond donors (Lipinski definition) is 0. The predicted octanol–water partition coefficient (Wildman–Crippen LogP) is 5.28. The van der Waals surface area contributed by atoms with Gasteiger partial charge in [0.05, 0.1) is 29.9 Å². The van der Waals surface area contributed by atoms with Crippen molar-refractivity contribution in [3.63, 3.8) is 0 Å². The normalized spacial score (nSPS) is 21.4. The van der Waals surface area contributed by atoms with Crippen molar-refractivity contribution in [2.24, 2.45) is 11.0 Å². The molecule has 3 aromatic carbocycles. The maximum atomic E-state index is 14.2. The summed E-state index contributed by atoms with van der Waals surface area (Å²) in [6, 6.07) is 22.8. The Labute approximate surface area is 266 Å². The minimum Gasteiger partial charge on any atom is -0.379 e. The molecule has 1 saturated carbocycles. The summed E-state index contributed by atoms with van der Waals surface area (Å²) in [7, 11) is 4.41. The molecule has 2 aliphatic heterocycles. The lowest BCUT2D eigenvalue weighted by Gasteiger charge is -2.30. The number of nitrogens with zero attached hydrogens (tertiary/aromatic N) is 5. The number of hydrazone groups is 1. The second kappa shape index (κ2) is 12.8. The first-order chi connectivity index (χ1) is 21.6. The van der Waals surface area contributed by atoms with Gasteiger partial charge in [-0.2, -0.15) is 9.41 Å². The van der Waals surface area contributed by atoms with Crippen LogP contribution in [-0.4, -0.2) is 83.8 Å². The molecule has 1 saturated heterocycles. The lowest BCUT2D eigenvalue weighted by molar-refractivity contribution is 0.0680. The van der Waals surface area contributed by atoms with Crippen LogP contribution in [0.2, 0.25) is 0 Å². The fourth-order valence-electron chi connectivity index (χ4n) is 6.38. The van der Waals surface area contributed by atoms with Crippen molar-refractivity contribution in [1.29, 1.82) is 0 Å². The molecule has 1 amide bonds. The van der Waals surface area contributed by atoms with Gasteiger partial charge in [0.2, 0.25) is 10.0 Å². The van der Waals surface area contributed by atoms with Crippen molar-refractivity contribution < 1.29 is 17.9 Å². The van der Waals surface area contributed by atoms with E-state index < -0.39 is 10.0 Å². The molecule has 0 unspecified atom stereocenters. The third-order valence-corrected chi connectivity index (χ3v) is 10.8. The molecular weight excluding hydrogens is 586 g/mol. The topological polar surface area (TPSA) is 85.8 Å². The Hall–Kier alpha value is -3.99. The number of sulfonamides is 1. The highest BCUT2D eigenvalue weighted by Gasteiger charge is 2.44. The van der Waals surface area contributed by atoms with Gasteiger partial charge in [-0.05, 0) is 90.6 Å². The number of fused-ring (bicyclic) bond motifs is 1. The highest BCUT2D eigenvalue weighted by atomic mass is 32.2. The van der Waals surface area contributed by atoms with E-state index in [1.807, 2.05) is 28.2 Å². The summed E-state index contributed by atoms with van der Waals surface area (Å²) < 4.78 is 33.1. The second-order valence-electron chi connectivity index (χ2n) is 12.3. The highest BCUT2D eigenvalue weighted by Crippen LogP contribution is 2.45. The number of benzene rings is 3. The van der Waals surface area contributed by atoms with E-state index >= 15 is 0 Å². The van der Waals surface area contributed by atoms with E-state index in [0.29, 0.717) is 31.9 Å². The minimum absolute atomic E-state index is 0.0566. The van der Waals surface area contributed by atoms with Gasteiger partial charge in [0.15, 0.2) is 0 Å². The summed E-state index contributed by atoms with van der Waals surface area (Å²) in [4.78, 5) is 18.5. The van der Waals surface area contributed by atoms with Crippen LogP contribution in [0.3, 0.4) is 0 Å². The molecule has 0 bridgehead atoms. The van der Waals surface area contributed by atoms with Crippen molar-refractivity contribution >= 4 is 39.1 Å². The smallest absolute Gasteiger partial charge is 0.274 e. The van der Waals surface area contributed by atoms with Gasteiger partial charge in [0, 0.05) is 64.1 Å². The van der Waals surface area contributed by atoms with E-state index in [1.165, 1.54) is 16.4 Å². The van der Waals surface area contributed by atoms with Crippen LogP contribution < -0.4 is 9.80 Å². The summed E-state index contributed by atoms with van der Waals surface area (Å²) in [5, 5.41) is 6.67. The molecular formula is C35H41N5O4S. The van der Waals surface area contributed by atoms with Gasteiger partial charge in [-0.3, -0.25) is 4.79 Å². The number of morpholine rings is 1. The molecule has 1 aliphatic carbocycles. The zero-order chi connectivity index (χ0) is 31.7. The number of amides is 1. The van der Waals surface area contributed by atoms with Crippen molar-refractivity contribution in [2.45, 2.75) is 30.2 Å². The standard InChI is InChI=1S/C35H41N5O4S/c1-37(2)29-14-8-25(9-15-29)24-28-6-5-7-32-33(28)36-40(34(32)26-10-16-30(17-11-26)38(3)4)35(41)27-12-18-31(19-13-27)45(42,43)39-20-22-44-23-21-39/h8-19,24,32,34H,5-7,20-23H2,1-4H3/b28-24-/t32-,34-/m0/s1. The van der Waals surface area contributed by atoms with Crippen LogP contribution in [-0.2, 0) is 14.8 Å². The molecule has 45 heavy (non-hydrogen) atoms. The Morgan fingerprint density at radius 1 is 0.867 bits per heavy atom. The molecule has 0 N–H and O–H groups in total. The Morgan fingerprint density at radius 2 is 1.47 bits per heavy atom. The van der Waals surface area contributed by atoms with Gasteiger partial charge >= 0.3 is 0 Å². The Bertz CT molecular complexity index is 1690. The van der Waals surface area contributed by atoms with Gasteiger partial charge in [0.25, 0.3) is 5.91 Å². The zero-order valence-electron chi connectivity index (χ0n) is 26.4. The molecule has 3 aliphatic rings. The number of ether oxygens (including phenoxy) is 1. The lowest BCUT2D eigenvalue weighted by Crippen LogP contribution is -2.40. The van der Waals surface area contributed by atoms with Crippen LogP contribution in [0.4, 0.5) is 11.4 Å². The van der Waals surface area contributed by atoms with Gasteiger partial charge in [-0.1, -0.05) is 24.3 Å². The van der Waals surface area contributed by atoms with E-state index in [4.69, 9.17) is 9.84 Å². The van der Waals surface area contributed by atoms with Gasteiger partial charge in [-0.25, -0.2) is 13.4 Å². The first kappa shape index (κ1) is 31.0. The minimum atomic E-state index is -3.66. The number of anilines is 2. The average molecular weight is 628 g/mol. The molecule has 0 radical (unpaired) electrons. The number of allylic oxidation sites excluding steroid dienone is 1. The molecule has 6 rings (SSSR count). The number of carbonyl (C=O) groups is 1. The second-order valence-corrected chi connectivity index (χ2v) is 14.2. The van der Waals surface area contributed by atoms with Crippen LogP contribution >= 0.6 is 0 Å². The van der Waals surface area contributed by atoms with Crippen LogP contribution in [0.1, 0.15) is 46.8 Å². The first-order valence-corrected chi connectivity index (χ1v) is 16.9. The molecule has 0 spiro atoms. The van der Waals surface area contributed by atoms with Crippen molar-refractivity contribution in [2.75, 3.05) is 64.3 Å². The quantitative estimate of drug-likeness (QED) is 0.355. The van der Waals surface area contributed by atoms with Crippen LogP contribution in [0.25, 0.3) is 6.08 Å². The van der Waals surface area contributed by atoms with Crippen LogP contribution in [0, 0.1) is 5.92 Å². The molecule has 236 valence electrons. The van der Waals surface area contributed by atoms with Crippen molar-refractivity contribution in [3.05, 3.63) is 95.1 Å². The molecule has 2 atom stereocenters. The highest BCUT2D eigenvalue weighted by molar-refractivity contribution is 7.89. The fraction of sp³-hybridized carbons (Fsp3) is 0.371. The Kier molecular flexibility index (Phi) is 8.81. The summed E-state index contributed by atoms with van der Waals surface area (Å²) in [5.74, 6) is -0.190. The third kappa shape index (κ3) is 6.27. The molecule has 0 aromatic heterocycles. The molecule has 10 heteroatoms. The van der Waals surface area contributed by atoms with Crippen molar-refractivity contribution in [3.8, 4) is 0 Å². The molecule has 2 fully saturated rings. The summed E-state index contributed by atoms with van der Waals surface area (Å²) in [5.41, 5.74) is 6.87. The van der Waals surface area contributed by atoms with Crippen LogP contribution in [0.5, 0.6) is 0 Å². The maximum absolute atomic E-state index is 14.2. The molecule has 2 heterocycles. The Morgan fingerprint density at radius 3 is 2.07 bits per heavy atom. The SMILES string of the molecule is CN(C)c1ccc(/C=C2/CCC[C@H]3C2=NN(C(=O)c2ccc(S(=O)(=O)N4CCOCC4)cc2)[C@H]3c2ccc(N(C)C)cc2)cc1.